The number of esters is 1. The third-order valence-corrected chi connectivity index (χ3v) is 5.86. The number of halogens is 2. The Morgan fingerprint density at radius 3 is 2.35 bits per heavy atom. The number of carbonyl (C=O) groups is 1. The number of nitrogens with zero attached hydrogens (tertiary/aromatic N) is 1. The van der Waals surface area contributed by atoms with Crippen LogP contribution in [0.1, 0.15) is 21.5 Å². The summed E-state index contributed by atoms with van der Waals surface area (Å²) in [7, 11) is 0. The number of ether oxygens (including phenoxy) is 2. The molecule has 8 nitrogen and oxygen atoms in total. The van der Waals surface area contributed by atoms with Crippen molar-refractivity contribution in [2.75, 3.05) is 0 Å². The minimum Gasteiger partial charge on any atom is -0.460 e. The van der Waals surface area contributed by atoms with E-state index in [9.17, 15) is 19.7 Å². The Hall–Kier alpha value is -3.88. The number of nitro groups is 1. The molecular weight excluding hydrogens is 485 g/mol. The van der Waals surface area contributed by atoms with E-state index in [1.807, 2.05) is 13.8 Å². The monoisotopic (exact) mass is 499 g/mol. The van der Waals surface area contributed by atoms with Crippen LogP contribution in [0.15, 0.2) is 64.0 Å². The van der Waals surface area contributed by atoms with Crippen molar-refractivity contribution in [2.24, 2.45) is 0 Å². The second-order valence-corrected chi connectivity index (χ2v) is 8.16. The molecule has 0 N–H and O–H groups in total. The molecule has 3 aromatic carbocycles. The van der Waals surface area contributed by atoms with Crippen LogP contribution < -0.4 is 14.9 Å². The van der Waals surface area contributed by atoms with E-state index in [0.29, 0.717) is 10.8 Å². The van der Waals surface area contributed by atoms with Gasteiger partial charge in [0.2, 0.25) is 11.2 Å². The van der Waals surface area contributed by atoms with Crippen molar-refractivity contribution in [3.63, 3.8) is 0 Å². The zero-order valence-electron chi connectivity index (χ0n) is 17.8. The Balaban J connectivity index is 1.59. The van der Waals surface area contributed by atoms with Crippen molar-refractivity contribution in [1.82, 2.24) is 0 Å². The minimum atomic E-state index is -0.824. The lowest BCUT2D eigenvalue weighted by atomic mass is 10.1. The van der Waals surface area contributed by atoms with E-state index in [1.165, 1.54) is 30.5 Å². The topological polar surface area (TPSA) is 109 Å². The van der Waals surface area contributed by atoms with Crippen LogP contribution in [0.3, 0.4) is 0 Å². The Morgan fingerprint density at radius 2 is 1.71 bits per heavy atom. The van der Waals surface area contributed by atoms with Crippen LogP contribution in [-0.4, -0.2) is 10.9 Å². The van der Waals surface area contributed by atoms with Gasteiger partial charge in [-0.2, -0.15) is 0 Å². The fraction of sp³-hybridized carbons (Fsp3) is 0.0833. The van der Waals surface area contributed by atoms with Crippen molar-refractivity contribution in [2.45, 2.75) is 13.8 Å². The Morgan fingerprint density at radius 1 is 1.00 bits per heavy atom. The first-order chi connectivity index (χ1) is 16.1. The highest BCUT2D eigenvalue weighted by Crippen LogP contribution is 2.30. The summed E-state index contributed by atoms with van der Waals surface area (Å²) in [5, 5.41) is 11.5. The minimum absolute atomic E-state index is 0.0176. The van der Waals surface area contributed by atoms with Gasteiger partial charge in [-0.3, -0.25) is 14.9 Å². The lowest BCUT2D eigenvalue weighted by molar-refractivity contribution is -0.384. The molecule has 0 fully saturated rings. The summed E-state index contributed by atoms with van der Waals surface area (Å²) in [5.74, 6) is -0.310. The number of rotatable bonds is 5. The highest BCUT2D eigenvalue weighted by atomic mass is 35.5. The number of carbonyl (C=O) groups excluding carboxylic acids is 1. The van der Waals surface area contributed by atoms with Gasteiger partial charge < -0.3 is 13.9 Å². The van der Waals surface area contributed by atoms with Crippen molar-refractivity contribution in [3.8, 4) is 17.2 Å². The number of aryl methyl sites for hydroxylation is 2. The third-order valence-electron chi connectivity index (χ3n) is 4.95. The number of hydrogen-bond donors (Lipinski definition) is 0. The van der Waals surface area contributed by atoms with Gasteiger partial charge in [0.15, 0.2) is 0 Å². The fourth-order valence-electron chi connectivity index (χ4n) is 3.26. The first-order valence-corrected chi connectivity index (χ1v) is 10.6. The molecule has 4 aromatic rings. The SMILES string of the molecule is Cc1cc(Oc2coc3cc(OC(=O)c4ccc([N+](=O)[O-])cc4Cl)ccc3c2=O)cc(C)c1Cl. The van der Waals surface area contributed by atoms with Gasteiger partial charge in [0.05, 0.1) is 20.9 Å². The molecule has 172 valence electrons. The molecule has 34 heavy (non-hydrogen) atoms. The zero-order valence-corrected chi connectivity index (χ0v) is 19.3. The van der Waals surface area contributed by atoms with E-state index < -0.39 is 16.3 Å². The van der Waals surface area contributed by atoms with Crippen LogP contribution in [-0.2, 0) is 0 Å². The van der Waals surface area contributed by atoms with Gasteiger partial charge in [-0.05, 0) is 55.3 Å². The lowest BCUT2D eigenvalue weighted by Crippen LogP contribution is -2.10. The van der Waals surface area contributed by atoms with Crippen LogP contribution in [0.25, 0.3) is 11.0 Å². The predicted octanol–water partition coefficient (Wildman–Crippen LogP) is 6.64. The van der Waals surface area contributed by atoms with E-state index in [4.69, 9.17) is 37.1 Å². The summed E-state index contributed by atoms with van der Waals surface area (Å²) in [5.41, 5.74) is 1.06. The van der Waals surface area contributed by atoms with E-state index in [2.05, 4.69) is 0 Å². The molecule has 0 amide bonds. The summed E-state index contributed by atoms with van der Waals surface area (Å²) < 4.78 is 16.5. The van der Waals surface area contributed by atoms with Crippen molar-refractivity contribution in [1.29, 1.82) is 0 Å². The van der Waals surface area contributed by atoms with Gasteiger partial charge in [-0.15, -0.1) is 0 Å². The number of benzene rings is 3. The number of fused-ring (bicyclic) bond motifs is 1. The van der Waals surface area contributed by atoms with E-state index >= 15 is 0 Å². The van der Waals surface area contributed by atoms with Gasteiger partial charge in [-0.25, -0.2) is 4.79 Å². The molecule has 0 saturated heterocycles. The second kappa shape index (κ2) is 9.17. The molecule has 1 aromatic heterocycles. The highest BCUT2D eigenvalue weighted by Gasteiger charge is 2.18. The summed E-state index contributed by atoms with van der Waals surface area (Å²) in [6.07, 6.45) is 1.17. The van der Waals surface area contributed by atoms with Crippen molar-refractivity contribution in [3.05, 3.63) is 102 Å². The predicted molar refractivity (Wildman–Crippen MR) is 127 cm³/mol. The molecule has 0 aliphatic carbocycles. The first-order valence-electron chi connectivity index (χ1n) is 9.80. The van der Waals surface area contributed by atoms with Crippen molar-refractivity contribution < 1.29 is 23.6 Å². The van der Waals surface area contributed by atoms with Gasteiger partial charge in [0.1, 0.15) is 23.3 Å². The highest BCUT2D eigenvalue weighted by molar-refractivity contribution is 6.34. The number of nitro benzene ring substituents is 1. The van der Waals surface area contributed by atoms with Crippen LogP contribution in [0, 0.1) is 24.0 Å². The van der Waals surface area contributed by atoms with Crippen LogP contribution >= 0.6 is 23.2 Å². The summed E-state index contributed by atoms with van der Waals surface area (Å²) >= 11 is 12.2. The van der Waals surface area contributed by atoms with Gasteiger partial charge in [0, 0.05) is 23.2 Å². The molecule has 4 rings (SSSR count). The molecule has 0 unspecified atom stereocenters. The maximum Gasteiger partial charge on any atom is 0.345 e. The summed E-state index contributed by atoms with van der Waals surface area (Å²) in [6, 6.07) is 11.1. The Labute approximate surface area is 202 Å². The van der Waals surface area contributed by atoms with Gasteiger partial charge >= 0.3 is 5.97 Å². The average molecular weight is 500 g/mol. The molecular formula is C24H15Cl2NO7. The first kappa shape index (κ1) is 23.3. The molecule has 1 heterocycles. The Kier molecular flexibility index (Phi) is 6.28. The zero-order chi connectivity index (χ0) is 24.6. The van der Waals surface area contributed by atoms with Crippen LogP contribution in [0.2, 0.25) is 10.0 Å². The van der Waals surface area contributed by atoms with Crippen molar-refractivity contribution >= 4 is 45.8 Å². The standard InChI is InChI=1S/C24H15Cl2NO7/c1-12-7-16(8-13(2)22(12)26)33-21-11-32-20-10-15(4-6-18(20)23(21)28)34-24(29)17-5-3-14(27(30)31)9-19(17)25/h3-11H,1-2H3. The van der Waals surface area contributed by atoms with Crippen LogP contribution in [0.4, 0.5) is 5.69 Å². The van der Waals surface area contributed by atoms with Gasteiger partial charge in [0.25, 0.3) is 5.69 Å². The van der Waals surface area contributed by atoms with E-state index in [1.54, 1.807) is 12.1 Å². The third kappa shape index (κ3) is 4.59. The van der Waals surface area contributed by atoms with Crippen LogP contribution in [0.5, 0.6) is 17.2 Å². The van der Waals surface area contributed by atoms with E-state index in [-0.39, 0.29) is 38.7 Å². The average Bonchev–Trinajstić information content (AvgIpc) is 2.79. The normalized spacial score (nSPS) is 10.8. The molecule has 0 aliphatic rings. The summed E-state index contributed by atoms with van der Waals surface area (Å²) in [6.45, 7) is 3.66. The molecule has 0 bridgehead atoms. The molecule has 0 aliphatic heterocycles. The number of non-ortho nitro benzene ring substituents is 1. The molecule has 0 saturated carbocycles. The molecule has 0 radical (unpaired) electrons. The molecule has 0 atom stereocenters. The maximum absolute atomic E-state index is 12.9. The summed E-state index contributed by atoms with van der Waals surface area (Å²) in [4.78, 5) is 35.5. The Bertz CT molecular complexity index is 1510. The fourth-order valence-corrected chi connectivity index (χ4v) is 3.62. The largest absolute Gasteiger partial charge is 0.460 e. The number of hydrogen-bond acceptors (Lipinski definition) is 7. The lowest BCUT2D eigenvalue weighted by Gasteiger charge is -2.10. The second-order valence-electron chi connectivity index (χ2n) is 7.37. The smallest absolute Gasteiger partial charge is 0.345 e. The molecule has 10 heteroatoms. The van der Waals surface area contributed by atoms with Gasteiger partial charge in [-0.1, -0.05) is 23.2 Å². The van der Waals surface area contributed by atoms with E-state index in [0.717, 1.165) is 23.3 Å². The maximum atomic E-state index is 12.9. The molecule has 0 spiro atoms. The quantitative estimate of drug-likeness (QED) is 0.131.